The highest BCUT2D eigenvalue weighted by Crippen LogP contribution is 2.07. The van der Waals surface area contributed by atoms with Crippen LogP contribution in [0.15, 0.2) is 0 Å². The minimum absolute atomic E-state index is 0. The molecule has 0 aliphatic heterocycles. The molecule has 0 unspecified atom stereocenters. The van der Waals surface area contributed by atoms with E-state index in [-0.39, 0.29) is 34.0 Å². The molecule has 0 atom stereocenters. The second-order valence-electron chi connectivity index (χ2n) is 8.50. The Morgan fingerprint density at radius 1 is 0.520 bits per heavy atom. The number of hydrogen-bond donors (Lipinski definition) is 0. The Bertz CT molecular complexity index is 248. The van der Waals surface area contributed by atoms with E-state index < -0.39 is 0 Å². The van der Waals surface area contributed by atoms with E-state index in [1.54, 1.807) is 0 Å². The number of nitrogens with zero attached hydrogens (tertiary/aromatic N) is 2. The van der Waals surface area contributed by atoms with Crippen LogP contribution >= 0.6 is 0 Å². The molecule has 0 saturated carbocycles. The van der Waals surface area contributed by atoms with Crippen molar-refractivity contribution in [3.05, 3.63) is 0 Å². The van der Waals surface area contributed by atoms with Gasteiger partial charge in [-0.2, -0.15) is 0 Å². The second kappa shape index (κ2) is 18.2. The van der Waals surface area contributed by atoms with Crippen molar-refractivity contribution >= 4 is 0 Å². The van der Waals surface area contributed by atoms with Gasteiger partial charge in [0, 0.05) is 0 Å². The normalized spacial score (nSPS) is 11.8. The molecule has 0 aromatic carbocycles. The maximum Gasteiger partial charge on any atom is 0.102 e. The lowest BCUT2D eigenvalue weighted by Gasteiger charge is -2.31. The van der Waals surface area contributed by atoms with E-state index >= 15 is 0 Å². The van der Waals surface area contributed by atoms with Gasteiger partial charge in [-0.1, -0.05) is 39.5 Å². The fraction of sp³-hybridized carbons (Fsp3) is 1.00. The van der Waals surface area contributed by atoms with Gasteiger partial charge in [-0.15, -0.1) is 0 Å². The van der Waals surface area contributed by atoms with Crippen molar-refractivity contribution < 1.29 is 47.7 Å². The topological polar surface area (TPSA) is 9.23 Å². The van der Waals surface area contributed by atoms with E-state index in [1.165, 1.54) is 64.5 Å². The molecule has 25 heavy (non-hydrogen) atoms. The van der Waals surface area contributed by atoms with Crippen molar-refractivity contribution in [3.8, 4) is 0 Å². The summed E-state index contributed by atoms with van der Waals surface area (Å²) in [4.78, 5) is 0. The molecule has 156 valence electrons. The van der Waals surface area contributed by atoms with E-state index in [0.29, 0.717) is 0 Å². The molecule has 0 aromatic heterocycles. The lowest BCUT2D eigenvalue weighted by Crippen LogP contribution is -3.00. The molecule has 0 N–H and O–H groups in total. The highest BCUT2D eigenvalue weighted by atomic mass is 79.9. The van der Waals surface area contributed by atoms with Gasteiger partial charge in [0.15, 0.2) is 0 Å². The number of hydrogen-bond acceptors (Lipinski definition) is 1. The highest BCUT2D eigenvalue weighted by Gasteiger charge is 2.16. The molecule has 0 aliphatic rings. The van der Waals surface area contributed by atoms with Crippen molar-refractivity contribution in [3.63, 3.8) is 0 Å². The monoisotopic (exact) mass is 488 g/mol. The summed E-state index contributed by atoms with van der Waals surface area (Å²) < 4.78 is 8.12. The zero-order valence-corrected chi connectivity index (χ0v) is 21.1. The van der Waals surface area contributed by atoms with Crippen LogP contribution in [0.25, 0.3) is 0 Å². The van der Waals surface area contributed by atoms with Gasteiger partial charge in [0.1, 0.15) is 13.1 Å². The van der Waals surface area contributed by atoms with Crippen molar-refractivity contribution in [2.24, 2.45) is 0 Å². The molecule has 0 radical (unpaired) electrons. The Kier molecular flexibility index (Phi) is 22.3. The van der Waals surface area contributed by atoms with Crippen LogP contribution in [-0.4, -0.2) is 76.5 Å². The number of likely N-dealkylation sites (N-methyl/N-ethyl adjacent to an activating group) is 2. The van der Waals surface area contributed by atoms with Gasteiger partial charge in [-0.3, -0.25) is 0 Å². The average molecular weight is 490 g/mol. The van der Waals surface area contributed by atoms with E-state index in [9.17, 15) is 0 Å². The molecule has 0 amide bonds. The number of rotatable bonds is 16. The first-order chi connectivity index (χ1) is 10.8. The first kappa shape index (κ1) is 30.6. The summed E-state index contributed by atoms with van der Waals surface area (Å²) in [6.07, 6.45) is 10.9. The molecule has 0 aliphatic carbocycles. The molecule has 0 spiro atoms. The predicted octanol–water partition coefficient (Wildman–Crippen LogP) is -1.68. The van der Waals surface area contributed by atoms with Gasteiger partial charge >= 0.3 is 0 Å². The highest BCUT2D eigenvalue weighted by molar-refractivity contribution is 4.43. The standard InChI is InChI=1S/C20H46N2O.2BrH/c1-7-9-11-13-15-21(3,4)17-19-23-20-18-22(5,6)16-14-12-10-8-2;;/h7-20H2,1-6H3;2*1H/q+2;;/p-2. The van der Waals surface area contributed by atoms with E-state index in [4.69, 9.17) is 4.74 Å². The van der Waals surface area contributed by atoms with Gasteiger partial charge in [-0.05, 0) is 25.7 Å². The van der Waals surface area contributed by atoms with Crippen molar-refractivity contribution in [1.82, 2.24) is 0 Å². The van der Waals surface area contributed by atoms with Gasteiger partial charge in [0.25, 0.3) is 0 Å². The number of unbranched alkanes of at least 4 members (excludes halogenated alkanes) is 6. The van der Waals surface area contributed by atoms with Gasteiger partial charge in [0.05, 0.1) is 54.5 Å². The Balaban J connectivity index is -0.00000242. The molecular weight excluding hydrogens is 444 g/mol. The minimum Gasteiger partial charge on any atom is -1.00 e. The van der Waals surface area contributed by atoms with Gasteiger partial charge < -0.3 is 47.7 Å². The summed E-state index contributed by atoms with van der Waals surface area (Å²) in [6.45, 7) is 11.2. The molecule has 0 fully saturated rings. The first-order valence-electron chi connectivity index (χ1n) is 10.0. The Morgan fingerprint density at radius 2 is 0.880 bits per heavy atom. The lowest BCUT2D eigenvalue weighted by molar-refractivity contribution is -0.894. The molecular formula is C20H46Br2N2O. The van der Waals surface area contributed by atoms with E-state index in [2.05, 4.69) is 42.0 Å². The van der Waals surface area contributed by atoms with Crippen molar-refractivity contribution in [1.29, 1.82) is 0 Å². The summed E-state index contributed by atoms with van der Waals surface area (Å²) in [5.41, 5.74) is 0. The molecule has 0 saturated heterocycles. The third-order valence-corrected chi connectivity index (χ3v) is 4.92. The molecule has 0 heterocycles. The molecule has 0 rings (SSSR count). The summed E-state index contributed by atoms with van der Waals surface area (Å²) >= 11 is 0. The number of quaternary nitrogens is 2. The van der Waals surface area contributed by atoms with Crippen LogP contribution in [0.3, 0.4) is 0 Å². The largest absolute Gasteiger partial charge is 1.00 e. The Hall–Kier alpha value is 0.840. The zero-order chi connectivity index (χ0) is 17.6. The SMILES string of the molecule is CCCCCC[N+](C)(C)CCOCC[N+](C)(C)CCCCCC.[Br-].[Br-]. The Morgan fingerprint density at radius 3 is 1.20 bits per heavy atom. The first-order valence-corrected chi connectivity index (χ1v) is 10.0. The predicted molar refractivity (Wildman–Crippen MR) is 103 cm³/mol. The van der Waals surface area contributed by atoms with Gasteiger partial charge in [-0.25, -0.2) is 0 Å². The summed E-state index contributed by atoms with van der Waals surface area (Å²) in [7, 11) is 9.35. The molecule has 0 aromatic rings. The zero-order valence-electron chi connectivity index (χ0n) is 18.0. The van der Waals surface area contributed by atoms with Crippen LogP contribution in [0.2, 0.25) is 0 Å². The third-order valence-electron chi connectivity index (χ3n) is 4.92. The minimum atomic E-state index is 0. The van der Waals surface area contributed by atoms with Gasteiger partial charge in [0.2, 0.25) is 0 Å². The maximum absolute atomic E-state index is 5.93. The van der Waals surface area contributed by atoms with Crippen LogP contribution < -0.4 is 34.0 Å². The summed E-state index contributed by atoms with van der Waals surface area (Å²) in [6, 6.07) is 0. The maximum atomic E-state index is 5.93. The van der Waals surface area contributed by atoms with Crippen molar-refractivity contribution in [2.45, 2.75) is 65.2 Å². The fourth-order valence-electron chi connectivity index (χ4n) is 2.88. The Labute approximate surface area is 180 Å². The fourth-order valence-corrected chi connectivity index (χ4v) is 2.88. The summed E-state index contributed by atoms with van der Waals surface area (Å²) in [5, 5.41) is 0. The molecule has 0 bridgehead atoms. The smallest absolute Gasteiger partial charge is 0.102 e. The second-order valence-corrected chi connectivity index (χ2v) is 8.50. The average Bonchev–Trinajstić information content (AvgIpc) is 2.48. The van der Waals surface area contributed by atoms with Crippen LogP contribution in [0.1, 0.15) is 65.2 Å². The van der Waals surface area contributed by atoms with Crippen LogP contribution in [0.4, 0.5) is 0 Å². The number of ether oxygens (including phenoxy) is 1. The number of halogens is 2. The van der Waals surface area contributed by atoms with Crippen molar-refractivity contribution in [2.75, 3.05) is 67.6 Å². The summed E-state index contributed by atoms with van der Waals surface area (Å²) in [5.74, 6) is 0. The quantitative estimate of drug-likeness (QED) is 0.186. The van der Waals surface area contributed by atoms with Crippen LogP contribution in [0, 0.1) is 0 Å². The van der Waals surface area contributed by atoms with E-state index in [0.717, 1.165) is 35.3 Å². The van der Waals surface area contributed by atoms with Crippen LogP contribution in [0.5, 0.6) is 0 Å². The third kappa shape index (κ3) is 21.0. The molecule has 5 heteroatoms. The van der Waals surface area contributed by atoms with Crippen LogP contribution in [-0.2, 0) is 4.74 Å². The molecule has 3 nitrogen and oxygen atoms in total. The van der Waals surface area contributed by atoms with E-state index in [1.807, 2.05) is 0 Å². The lowest BCUT2D eigenvalue weighted by atomic mass is 10.2.